The summed E-state index contributed by atoms with van der Waals surface area (Å²) in [5.74, 6) is 2.15. The van der Waals surface area contributed by atoms with E-state index in [2.05, 4.69) is 27.7 Å². The van der Waals surface area contributed by atoms with Gasteiger partial charge in [-0.2, -0.15) is 0 Å². The summed E-state index contributed by atoms with van der Waals surface area (Å²) in [6.07, 6.45) is 0. The number of amides is 1. The molecule has 0 unspecified atom stereocenters. The lowest BCUT2D eigenvalue weighted by Crippen LogP contribution is -2.37. The lowest BCUT2D eigenvalue weighted by atomic mass is 10.1. The van der Waals surface area contributed by atoms with Gasteiger partial charge in [0.25, 0.3) is 5.91 Å². The highest BCUT2D eigenvalue weighted by molar-refractivity contribution is 5.95. The SMILES string of the molecule is COc1cc(OC)cc(C(=O)N(CC(C)C)CC(C)C)c1. The molecule has 1 amide bonds. The van der Waals surface area contributed by atoms with Crippen molar-refractivity contribution in [2.75, 3.05) is 27.3 Å². The Hall–Kier alpha value is -1.71. The maximum Gasteiger partial charge on any atom is 0.254 e. The Bertz CT molecular complexity index is 437. The van der Waals surface area contributed by atoms with Gasteiger partial charge in [-0.15, -0.1) is 0 Å². The first-order valence-corrected chi connectivity index (χ1v) is 7.39. The summed E-state index contributed by atoms with van der Waals surface area (Å²) in [6, 6.07) is 5.29. The van der Waals surface area contributed by atoms with Crippen LogP contribution in [0.4, 0.5) is 0 Å². The highest BCUT2D eigenvalue weighted by atomic mass is 16.5. The number of nitrogens with zero attached hydrogens (tertiary/aromatic N) is 1. The number of rotatable bonds is 7. The second-order valence-electron chi connectivity index (χ2n) is 6.10. The molecule has 4 heteroatoms. The van der Waals surface area contributed by atoms with Gasteiger partial charge in [-0.25, -0.2) is 0 Å². The Morgan fingerprint density at radius 2 is 1.38 bits per heavy atom. The summed E-state index contributed by atoms with van der Waals surface area (Å²) in [6.45, 7) is 9.96. The zero-order valence-corrected chi connectivity index (χ0v) is 14.0. The van der Waals surface area contributed by atoms with Crippen LogP contribution in [-0.4, -0.2) is 38.1 Å². The van der Waals surface area contributed by atoms with Crippen LogP contribution in [0, 0.1) is 11.8 Å². The molecule has 0 N–H and O–H groups in total. The number of benzene rings is 1. The van der Waals surface area contributed by atoms with Gasteiger partial charge in [-0.05, 0) is 24.0 Å². The molecule has 0 spiro atoms. The zero-order chi connectivity index (χ0) is 16.0. The molecule has 1 rings (SSSR count). The Kier molecular flexibility index (Phi) is 6.53. The molecule has 118 valence electrons. The molecule has 21 heavy (non-hydrogen) atoms. The van der Waals surface area contributed by atoms with Gasteiger partial charge < -0.3 is 14.4 Å². The molecule has 0 fully saturated rings. The molecule has 1 aromatic rings. The van der Waals surface area contributed by atoms with Gasteiger partial charge >= 0.3 is 0 Å². The standard InChI is InChI=1S/C17H27NO3/c1-12(2)10-18(11-13(3)4)17(19)14-7-15(20-5)9-16(8-14)21-6/h7-9,12-13H,10-11H2,1-6H3. The van der Waals surface area contributed by atoms with Crippen molar-refractivity contribution >= 4 is 5.91 Å². The van der Waals surface area contributed by atoms with Crippen molar-refractivity contribution in [3.63, 3.8) is 0 Å². The van der Waals surface area contributed by atoms with Gasteiger partial charge in [0.2, 0.25) is 0 Å². The van der Waals surface area contributed by atoms with Crippen molar-refractivity contribution in [2.24, 2.45) is 11.8 Å². The van der Waals surface area contributed by atoms with Crippen molar-refractivity contribution in [3.8, 4) is 11.5 Å². The zero-order valence-electron chi connectivity index (χ0n) is 14.0. The number of ether oxygens (including phenoxy) is 2. The minimum Gasteiger partial charge on any atom is -0.497 e. The lowest BCUT2D eigenvalue weighted by Gasteiger charge is -2.26. The van der Waals surface area contributed by atoms with Crippen LogP contribution < -0.4 is 9.47 Å². The summed E-state index contributed by atoms with van der Waals surface area (Å²) in [5, 5.41) is 0. The third-order valence-electron chi connectivity index (χ3n) is 3.06. The molecule has 0 saturated carbocycles. The molecule has 0 aliphatic rings. The third-order valence-corrected chi connectivity index (χ3v) is 3.06. The van der Waals surface area contributed by atoms with Crippen LogP contribution in [0.2, 0.25) is 0 Å². The first-order chi connectivity index (χ1) is 9.87. The van der Waals surface area contributed by atoms with Crippen LogP contribution >= 0.6 is 0 Å². The topological polar surface area (TPSA) is 38.8 Å². The van der Waals surface area contributed by atoms with E-state index in [1.807, 2.05) is 4.90 Å². The van der Waals surface area contributed by atoms with E-state index in [9.17, 15) is 4.79 Å². The van der Waals surface area contributed by atoms with Gasteiger partial charge in [0.05, 0.1) is 14.2 Å². The summed E-state index contributed by atoms with van der Waals surface area (Å²) in [7, 11) is 3.17. The number of carbonyl (C=O) groups is 1. The third kappa shape index (κ3) is 5.29. The normalized spacial score (nSPS) is 10.9. The van der Waals surface area contributed by atoms with E-state index < -0.39 is 0 Å². The highest BCUT2D eigenvalue weighted by Gasteiger charge is 2.19. The van der Waals surface area contributed by atoms with E-state index in [1.54, 1.807) is 32.4 Å². The Morgan fingerprint density at radius 3 is 1.71 bits per heavy atom. The maximum atomic E-state index is 12.8. The molecule has 0 bridgehead atoms. The minimum absolute atomic E-state index is 0.0228. The summed E-state index contributed by atoms with van der Waals surface area (Å²) >= 11 is 0. The molecule has 1 aromatic carbocycles. The number of methoxy groups -OCH3 is 2. The van der Waals surface area contributed by atoms with Gasteiger partial charge in [-0.3, -0.25) is 4.79 Å². The van der Waals surface area contributed by atoms with Gasteiger partial charge in [0.1, 0.15) is 11.5 Å². The van der Waals surface area contributed by atoms with E-state index in [1.165, 1.54) is 0 Å². The minimum atomic E-state index is 0.0228. The highest BCUT2D eigenvalue weighted by Crippen LogP contribution is 2.24. The van der Waals surface area contributed by atoms with E-state index in [-0.39, 0.29) is 5.91 Å². The molecular weight excluding hydrogens is 266 g/mol. The Balaban J connectivity index is 3.06. The number of carbonyl (C=O) groups excluding carboxylic acids is 1. The fourth-order valence-corrected chi connectivity index (χ4v) is 2.24. The molecule has 0 atom stereocenters. The first-order valence-electron chi connectivity index (χ1n) is 7.39. The predicted octanol–water partition coefficient (Wildman–Crippen LogP) is 3.46. The molecule has 0 aromatic heterocycles. The Morgan fingerprint density at radius 1 is 0.952 bits per heavy atom. The van der Waals surface area contributed by atoms with Crippen molar-refractivity contribution in [1.82, 2.24) is 4.90 Å². The van der Waals surface area contributed by atoms with Crippen molar-refractivity contribution in [3.05, 3.63) is 23.8 Å². The van der Waals surface area contributed by atoms with Crippen LogP contribution in [0.3, 0.4) is 0 Å². The van der Waals surface area contributed by atoms with Crippen LogP contribution in [0.15, 0.2) is 18.2 Å². The van der Waals surface area contributed by atoms with Crippen LogP contribution in [-0.2, 0) is 0 Å². The van der Waals surface area contributed by atoms with Crippen molar-refractivity contribution < 1.29 is 14.3 Å². The monoisotopic (exact) mass is 293 g/mol. The maximum absolute atomic E-state index is 12.8. The lowest BCUT2D eigenvalue weighted by molar-refractivity contribution is 0.0714. The first kappa shape index (κ1) is 17.3. The van der Waals surface area contributed by atoms with Crippen LogP contribution in [0.1, 0.15) is 38.1 Å². The summed E-state index contributed by atoms with van der Waals surface area (Å²) < 4.78 is 10.5. The molecule has 4 nitrogen and oxygen atoms in total. The smallest absolute Gasteiger partial charge is 0.254 e. The fourth-order valence-electron chi connectivity index (χ4n) is 2.24. The molecule has 0 radical (unpaired) electrons. The number of hydrogen-bond donors (Lipinski definition) is 0. The quantitative estimate of drug-likeness (QED) is 0.773. The second kappa shape index (κ2) is 7.91. The fraction of sp³-hybridized carbons (Fsp3) is 0.588. The van der Waals surface area contributed by atoms with Crippen LogP contribution in [0.25, 0.3) is 0 Å². The largest absolute Gasteiger partial charge is 0.497 e. The molecular formula is C17H27NO3. The van der Waals surface area contributed by atoms with Crippen molar-refractivity contribution in [1.29, 1.82) is 0 Å². The van der Waals surface area contributed by atoms with Gasteiger partial charge in [-0.1, -0.05) is 27.7 Å². The van der Waals surface area contributed by atoms with Crippen molar-refractivity contribution in [2.45, 2.75) is 27.7 Å². The average molecular weight is 293 g/mol. The molecule has 0 aliphatic carbocycles. The van der Waals surface area contributed by atoms with Crippen LogP contribution in [0.5, 0.6) is 11.5 Å². The average Bonchev–Trinajstić information content (AvgIpc) is 2.44. The van der Waals surface area contributed by atoms with E-state index in [0.29, 0.717) is 28.9 Å². The van der Waals surface area contributed by atoms with Gasteiger partial charge in [0.15, 0.2) is 0 Å². The Labute approximate surface area is 128 Å². The van der Waals surface area contributed by atoms with E-state index >= 15 is 0 Å². The number of hydrogen-bond acceptors (Lipinski definition) is 3. The summed E-state index contributed by atoms with van der Waals surface area (Å²) in [5.41, 5.74) is 0.604. The van der Waals surface area contributed by atoms with Gasteiger partial charge in [0, 0.05) is 24.7 Å². The van der Waals surface area contributed by atoms with E-state index in [0.717, 1.165) is 13.1 Å². The molecule has 0 saturated heterocycles. The molecule has 0 aliphatic heterocycles. The van der Waals surface area contributed by atoms with E-state index in [4.69, 9.17) is 9.47 Å². The second-order valence-corrected chi connectivity index (χ2v) is 6.10. The predicted molar refractivity (Wildman–Crippen MR) is 85.1 cm³/mol. The summed E-state index contributed by atoms with van der Waals surface area (Å²) in [4.78, 5) is 14.7. The molecule has 0 heterocycles.